The Labute approximate surface area is 82.2 Å². The molecule has 1 amide bonds. The van der Waals surface area contributed by atoms with Gasteiger partial charge in [0.25, 0.3) is 5.79 Å². The third-order valence-corrected chi connectivity index (χ3v) is 2.28. The van der Waals surface area contributed by atoms with Gasteiger partial charge < -0.3 is 10.2 Å². The first-order valence-electron chi connectivity index (χ1n) is 4.57. The summed E-state index contributed by atoms with van der Waals surface area (Å²) in [7, 11) is 0. The summed E-state index contributed by atoms with van der Waals surface area (Å²) < 4.78 is 0. The predicted molar refractivity (Wildman–Crippen MR) is 50.5 cm³/mol. The summed E-state index contributed by atoms with van der Waals surface area (Å²) in [5.74, 6) is -3.33. The number of nitrogens with zero attached hydrogens (tertiary/aromatic N) is 2. The normalized spacial score (nSPS) is 19.8. The largest absolute Gasteiger partial charge is 0.353 e. The van der Waals surface area contributed by atoms with Gasteiger partial charge in [-0.2, -0.15) is 5.10 Å². The van der Waals surface area contributed by atoms with Crippen LogP contribution in [-0.2, 0) is 4.79 Å². The molecular weight excluding hydrogens is 186 g/mol. The fourth-order valence-electron chi connectivity index (χ4n) is 1.21. The summed E-state index contributed by atoms with van der Waals surface area (Å²) in [6.07, 6.45) is 0. The van der Waals surface area contributed by atoms with Gasteiger partial charge in [-0.05, 0) is 13.1 Å². The Hall–Kier alpha value is -0.980. The Morgan fingerprint density at radius 1 is 1.43 bits per heavy atom. The Balaban J connectivity index is 2.66. The van der Waals surface area contributed by atoms with Gasteiger partial charge in [-0.25, -0.2) is 5.43 Å². The van der Waals surface area contributed by atoms with E-state index in [-0.39, 0.29) is 12.3 Å². The van der Waals surface area contributed by atoms with Gasteiger partial charge in [0.2, 0.25) is 0 Å². The zero-order chi connectivity index (χ0) is 10.8. The van der Waals surface area contributed by atoms with E-state index in [9.17, 15) is 15.0 Å². The Bertz CT molecular complexity index is 259. The average molecular weight is 201 g/mol. The Morgan fingerprint density at radius 3 is 2.36 bits per heavy atom. The van der Waals surface area contributed by atoms with Crippen LogP contribution in [0.2, 0.25) is 0 Å². The van der Waals surface area contributed by atoms with E-state index < -0.39 is 11.7 Å². The van der Waals surface area contributed by atoms with Crippen LogP contribution in [0.4, 0.5) is 0 Å². The standard InChI is InChI=1S/C8H15N3O3/c1-3-11(4-2)5-6-8(13,14)7(12)10-9-6/h13-14H,3-5H2,1-2H3,(H,10,12). The highest BCUT2D eigenvalue weighted by Gasteiger charge is 2.44. The minimum atomic E-state index is -2.44. The summed E-state index contributed by atoms with van der Waals surface area (Å²) in [4.78, 5) is 12.9. The van der Waals surface area contributed by atoms with Crippen molar-refractivity contribution in [3.8, 4) is 0 Å². The molecule has 0 fully saturated rings. The van der Waals surface area contributed by atoms with Gasteiger partial charge in [-0.15, -0.1) is 0 Å². The summed E-state index contributed by atoms with van der Waals surface area (Å²) in [5, 5.41) is 22.3. The minimum Gasteiger partial charge on any atom is -0.353 e. The lowest BCUT2D eigenvalue weighted by Gasteiger charge is -2.21. The van der Waals surface area contributed by atoms with Crippen LogP contribution in [0.25, 0.3) is 0 Å². The van der Waals surface area contributed by atoms with Crippen molar-refractivity contribution in [3.63, 3.8) is 0 Å². The fourth-order valence-corrected chi connectivity index (χ4v) is 1.21. The van der Waals surface area contributed by atoms with Crippen molar-refractivity contribution < 1.29 is 15.0 Å². The van der Waals surface area contributed by atoms with Crippen molar-refractivity contribution in [3.05, 3.63) is 0 Å². The maximum atomic E-state index is 10.9. The monoisotopic (exact) mass is 201 g/mol. The van der Waals surface area contributed by atoms with Crippen LogP contribution in [0.15, 0.2) is 5.10 Å². The van der Waals surface area contributed by atoms with Crippen molar-refractivity contribution in [1.29, 1.82) is 0 Å². The van der Waals surface area contributed by atoms with Gasteiger partial charge in [0, 0.05) is 6.54 Å². The molecule has 0 aromatic rings. The fraction of sp³-hybridized carbons (Fsp3) is 0.750. The number of hydrogen-bond acceptors (Lipinski definition) is 5. The second-order valence-corrected chi connectivity index (χ2v) is 3.13. The third kappa shape index (κ3) is 1.92. The summed E-state index contributed by atoms with van der Waals surface area (Å²) >= 11 is 0. The van der Waals surface area contributed by atoms with Gasteiger partial charge in [-0.1, -0.05) is 13.8 Å². The highest BCUT2D eigenvalue weighted by Crippen LogP contribution is 2.10. The Morgan fingerprint density at radius 2 is 2.00 bits per heavy atom. The highest BCUT2D eigenvalue weighted by molar-refractivity contribution is 6.14. The molecule has 1 aliphatic heterocycles. The maximum absolute atomic E-state index is 10.9. The molecule has 1 aliphatic rings. The van der Waals surface area contributed by atoms with E-state index >= 15 is 0 Å². The SMILES string of the molecule is CCN(CC)CC1=NNC(=O)C1(O)O. The lowest BCUT2D eigenvalue weighted by molar-refractivity contribution is -0.158. The van der Waals surface area contributed by atoms with Crippen molar-refractivity contribution in [2.75, 3.05) is 19.6 Å². The first-order chi connectivity index (χ1) is 6.52. The molecule has 0 radical (unpaired) electrons. The van der Waals surface area contributed by atoms with Gasteiger partial charge in [0.1, 0.15) is 5.71 Å². The summed E-state index contributed by atoms with van der Waals surface area (Å²) in [6.45, 7) is 5.70. The molecule has 0 atom stereocenters. The minimum absolute atomic E-state index is 0.0474. The van der Waals surface area contributed by atoms with E-state index in [1.807, 2.05) is 24.2 Å². The number of hydrogen-bond donors (Lipinski definition) is 3. The Kier molecular flexibility index (Phi) is 3.20. The van der Waals surface area contributed by atoms with Crippen LogP contribution in [0.3, 0.4) is 0 Å². The third-order valence-electron chi connectivity index (χ3n) is 2.28. The zero-order valence-electron chi connectivity index (χ0n) is 8.32. The molecule has 0 saturated heterocycles. The van der Waals surface area contributed by atoms with Crippen LogP contribution < -0.4 is 5.43 Å². The molecule has 0 unspecified atom stereocenters. The topological polar surface area (TPSA) is 85.2 Å². The van der Waals surface area contributed by atoms with Crippen molar-refractivity contribution in [2.24, 2.45) is 5.10 Å². The van der Waals surface area contributed by atoms with Crippen LogP contribution in [-0.4, -0.2) is 52.2 Å². The van der Waals surface area contributed by atoms with Gasteiger partial charge >= 0.3 is 5.91 Å². The van der Waals surface area contributed by atoms with Crippen molar-refractivity contribution in [1.82, 2.24) is 10.3 Å². The van der Waals surface area contributed by atoms with Crippen molar-refractivity contribution >= 4 is 11.6 Å². The van der Waals surface area contributed by atoms with Gasteiger partial charge in [0.05, 0.1) is 0 Å². The molecule has 0 aromatic carbocycles. The van der Waals surface area contributed by atoms with E-state index in [2.05, 4.69) is 5.10 Å². The highest BCUT2D eigenvalue weighted by atomic mass is 16.5. The lowest BCUT2D eigenvalue weighted by atomic mass is 10.1. The zero-order valence-corrected chi connectivity index (χ0v) is 8.32. The number of carbonyl (C=O) groups is 1. The molecule has 0 bridgehead atoms. The molecule has 1 rings (SSSR count). The van der Waals surface area contributed by atoms with E-state index in [1.165, 1.54) is 0 Å². The lowest BCUT2D eigenvalue weighted by Crippen LogP contribution is -2.49. The van der Waals surface area contributed by atoms with E-state index in [4.69, 9.17) is 0 Å². The quantitative estimate of drug-likeness (QED) is 0.483. The molecule has 3 N–H and O–H groups in total. The summed E-state index contributed by atoms with van der Waals surface area (Å²) in [6, 6.07) is 0. The van der Waals surface area contributed by atoms with Crippen LogP contribution in [0.5, 0.6) is 0 Å². The second-order valence-electron chi connectivity index (χ2n) is 3.13. The van der Waals surface area contributed by atoms with Crippen molar-refractivity contribution in [2.45, 2.75) is 19.6 Å². The number of hydrazone groups is 1. The molecule has 1 heterocycles. The number of rotatable bonds is 4. The molecule has 0 aromatic heterocycles. The van der Waals surface area contributed by atoms with Gasteiger partial charge in [0.15, 0.2) is 0 Å². The molecular formula is C8H15N3O3. The molecule has 14 heavy (non-hydrogen) atoms. The number of carbonyl (C=O) groups excluding carboxylic acids is 1. The molecule has 0 spiro atoms. The second kappa shape index (κ2) is 4.04. The smallest absolute Gasteiger partial charge is 0.306 e. The predicted octanol–water partition coefficient (Wildman–Crippen LogP) is -1.51. The average Bonchev–Trinajstić information content (AvgIpc) is 2.40. The number of nitrogens with one attached hydrogen (secondary N) is 1. The molecule has 6 nitrogen and oxygen atoms in total. The maximum Gasteiger partial charge on any atom is 0.306 e. The van der Waals surface area contributed by atoms with E-state index in [0.29, 0.717) is 0 Å². The summed E-state index contributed by atoms with van der Waals surface area (Å²) in [5.41, 5.74) is 2.08. The number of amides is 1. The first kappa shape index (κ1) is 11.1. The first-order valence-corrected chi connectivity index (χ1v) is 4.57. The van der Waals surface area contributed by atoms with E-state index in [0.717, 1.165) is 13.1 Å². The molecule has 0 aliphatic carbocycles. The van der Waals surface area contributed by atoms with Crippen LogP contribution >= 0.6 is 0 Å². The van der Waals surface area contributed by atoms with Crippen LogP contribution in [0.1, 0.15) is 13.8 Å². The van der Waals surface area contributed by atoms with Crippen LogP contribution in [0, 0.1) is 0 Å². The van der Waals surface area contributed by atoms with E-state index in [1.54, 1.807) is 0 Å². The van der Waals surface area contributed by atoms with Gasteiger partial charge in [-0.3, -0.25) is 9.69 Å². The molecule has 80 valence electrons. The molecule has 6 heteroatoms. The molecule has 0 saturated carbocycles. The number of aliphatic hydroxyl groups is 2.